The predicted octanol–water partition coefficient (Wildman–Crippen LogP) is 2.89. The van der Waals surface area contributed by atoms with E-state index in [9.17, 15) is 14.7 Å². The summed E-state index contributed by atoms with van der Waals surface area (Å²) in [6.07, 6.45) is 6.45. The molecule has 4 rings (SSSR count). The van der Waals surface area contributed by atoms with Gasteiger partial charge in [-0.2, -0.15) is 0 Å². The molecule has 1 aliphatic carbocycles. The fourth-order valence-electron chi connectivity index (χ4n) is 4.52. The Labute approximate surface area is 172 Å². The van der Waals surface area contributed by atoms with Gasteiger partial charge in [0.25, 0.3) is 0 Å². The number of halogens is 1. The number of thiazole rings is 1. The molecule has 150 valence electrons. The highest BCUT2D eigenvalue weighted by atomic mass is 35.5. The topological polar surface area (TPSA) is 85.8 Å². The van der Waals surface area contributed by atoms with Crippen molar-refractivity contribution in [2.75, 3.05) is 25.0 Å². The number of carbonyl (C=O) groups excluding carboxylic acids is 2. The van der Waals surface area contributed by atoms with Gasteiger partial charge in [0.15, 0.2) is 5.13 Å². The number of anilines is 1. The SMILES string of the molecule is CC(=O)N1CCC2(C1)CN(C(=O)Nc1ncc(Cl)s1)C1CC=C(C(C)O)C=C12. The van der Waals surface area contributed by atoms with Crippen LogP contribution in [0.15, 0.2) is 29.5 Å². The molecule has 0 radical (unpaired) electrons. The molecule has 0 bridgehead atoms. The van der Waals surface area contributed by atoms with Gasteiger partial charge < -0.3 is 14.9 Å². The number of likely N-dealkylation sites (tertiary alicyclic amines) is 2. The highest BCUT2D eigenvalue weighted by Crippen LogP contribution is 2.50. The smallest absolute Gasteiger partial charge is 0.324 e. The average Bonchev–Trinajstić information content (AvgIpc) is 3.34. The van der Waals surface area contributed by atoms with Crippen LogP contribution in [0.3, 0.4) is 0 Å². The molecule has 2 N–H and O–H groups in total. The maximum atomic E-state index is 13.0. The molecule has 9 heteroatoms. The van der Waals surface area contributed by atoms with Gasteiger partial charge in [-0.05, 0) is 30.9 Å². The second-order valence-electron chi connectivity index (χ2n) is 7.73. The van der Waals surface area contributed by atoms with Crippen LogP contribution in [0, 0.1) is 5.41 Å². The lowest BCUT2D eigenvalue weighted by Gasteiger charge is -2.29. The molecule has 3 aliphatic rings. The number of urea groups is 1. The minimum absolute atomic E-state index is 0.0523. The summed E-state index contributed by atoms with van der Waals surface area (Å²) in [5.41, 5.74) is 1.76. The quantitative estimate of drug-likeness (QED) is 0.767. The molecular formula is C19H23ClN4O3S. The van der Waals surface area contributed by atoms with Crippen molar-refractivity contribution in [1.82, 2.24) is 14.8 Å². The molecule has 3 amide bonds. The van der Waals surface area contributed by atoms with Gasteiger partial charge in [-0.25, -0.2) is 9.78 Å². The first kappa shape index (κ1) is 19.4. The van der Waals surface area contributed by atoms with Crippen molar-refractivity contribution in [1.29, 1.82) is 0 Å². The Hall–Kier alpha value is -1.90. The number of fused-ring (bicyclic) bond motifs is 2. The number of aliphatic hydroxyl groups is 1. The summed E-state index contributed by atoms with van der Waals surface area (Å²) in [7, 11) is 0. The van der Waals surface area contributed by atoms with E-state index in [0.717, 1.165) is 17.6 Å². The summed E-state index contributed by atoms with van der Waals surface area (Å²) in [5, 5.41) is 13.4. The molecule has 28 heavy (non-hydrogen) atoms. The Balaban J connectivity index is 1.63. The molecule has 2 saturated heterocycles. The van der Waals surface area contributed by atoms with Crippen LogP contribution in [-0.2, 0) is 4.79 Å². The zero-order chi connectivity index (χ0) is 20.1. The van der Waals surface area contributed by atoms with Crippen LogP contribution in [-0.4, -0.2) is 63.6 Å². The van der Waals surface area contributed by atoms with E-state index in [4.69, 9.17) is 11.6 Å². The zero-order valence-corrected chi connectivity index (χ0v) is 17.4. The second kappa shape index (κ2) is 7.17. The summed E-state index contributed by atoms with van der Waals surface area (Å²) in [6.45, 7) is 5.16. The fourth-order valence-corrected chi connectivity index (χ4v) is 5.33. The zero-order valence-electron chi connectivity index (χ0n) is 15.8. The molecule has 2 aliphatic heterocycles. The standard InChI is InChI=1S/C19H23ClN4O3S/c1-11(25)13-3-4-15-14(7-13)19(5-6-23(9-19)12(2)26)10-24(15)18(27)22-17-21-8-16(20)28-17/h3,7-8,11,15,25H,4-6,9-10H2,1-2H3,(H,21,22,27). The van der Waals surface area contributed by atoms with Gasteiger partial charge in [-0.3, -0.25) is 10.1 Å². The van der Waals surface area contributed by atoms with E-state index in [1.54, 1.807) is 13.8 Å². The highest BCUT2D eigenvalue weighted by Gasteiger charge is 2.54. The number of hydrogen-bond donors (Lipinski definition) is 2. The Morgan fingerprint density at radius 2 is 2.25 bits per heavy atom. The molecule has 1 aromatic heterocycles. The molecule has 3 atom stereocenters. The Morgan fingerprint density at radius 3 is 2.86 bits per heavy atom. The van der Waals surface area contributed by atoms with Crippen LogP contribution in [0.25, 0.3) is 0 Å². The van der Waals surface area contributed by atoms with E-state index in [0.29, 0.717) is 35.5 Å². The van der Waals surface area contributed by atoms with Crippen molar-refractivity contribution >= 4 is 40.0 Å². The number of rotatable bonds is 2. The van der Waals surface area contributed by atoms with Crippen molar-refractivity contribution in [2.24, 2.45) is 5.41 Å². The lowest BCUT2D eigenvalue weighted by molar-refractivity contribution is -0.128. The number of nitrogens with one attached hydrogen (secondary N) is 1. The summed E-state index contributed by atoms with van der Waals surface area (Å²) in [6, 6.07) is -0.293. The number of nitrogens with zero attached hydrogens (tertiary/aromatic N) is 3. The molecular weight excluding hydrogens is 400 g/mol. The van der Waals surface area contributed by atoms with Crippen LogP contribution < -0.4 is 5.32 Å². The summed E-state index contributed by atoms with van der Waals surface area (Å²) >= 11 is 7.14. The van der Waals surface area contributed by atoms with Crippen molar-refractivity contribution in [3.05, 3.63) is 33.8 Å². The Morgan fingerprint density at radius 1 is 1.46 bits per heavy atom. The third kappa shape index (κ3) is 3.33. The van der Waals surface area contributed by atoms with E-state index in [-0.39, 0.29) is 23.4 Å². The van der Waals surface area contributed by atoms with Gasteiger partial charge in [-0.1, -0.05) is 35.1 Å². The monoisotopic (exact) mass is 422 g/mol. The molecule has 1 aromatic rings. The fraction of sp³-hybridized carbons (Fsp3) is 0.526. The van der Waals surface area contributed by atoms with E-state index in [1.807, 2.05) is 22.0 Å². The first-order chi connectivity index (χ1) is 13.3. The summed E-state index contributed by atoms with van der Waals surface area (Å²) in [5.74, 6) is 0.0523. The van der Waals surface area contributed by atoms with Gasteiger partial charge in [0.2, 0.25) is 5.91 Å². The number of amides is 3. The van der Waals surface area contributed by atoms with Gasteiger partial charge in [-0.15, -0.1) is 0 Å². The first-order valence-electron chi connectivity index (χ1n) is 9.34. The van der Waals surface area contributed by atoms with Gasteiger partial charge in [0.1, 0.15) is 4.34 Å². The maximum Gasteiger partial charge on any atom is 0.324 e. The first-order valence-corrected chi connectivity index (χ1v) is 10.5. The molecule has 3 unspecified atom stereocenters. The van der Waals surface area contributed by atoms with Crippen LogP contribution >= 0.6 is 22.9 Å². The van der Waals surface area contributed by atoms with E-state index >= 15 is 0 Å². The van der Waals surface area contributed by atoms with Gasteiger partial charge in [0.05, 0.1) is 18.3 Å². The van der Waals surface area contributed by atoms with E-state index in [2.05, 4.69) is 10.3 Å². The molecule has 3 heterocycles. The van der Waals surface area contributed by atoms with Crippen molar-refractivity contribution in [3.63, 3.8) is 0 Å². The Bertz CT molecular complexity index is 880. The molecule has 7 nitrogen and oxygen atoms in total. The largest absolute Gasteiger partial charge is 0.389 e. The van der Waals surface area contributed by atoms with E-state index < -0.39 is 6.10 Å². The van der Waals surface area contributed by atoms with Crippen LogP contribution in [0.2, 0.25) is 4.34 Å². The van der Waals surface area contributed by atoms with Crippen molar-refractivity contribution < 1.29 is 14.7 Å². The van der Waals surface area contributed by atoms with Crippen molar-refractivity contribution in [3.8, 4) is 0 Å². The number of hydrogen-bond acceptors (Lipinski definition) is 5. The maximum absolute atomic E-state index is 13.0. The number of aromatic nitrogens is 1. The number of carbonyl (C=O) groups is 2. The molecule has 1 spiro atoms. The Kier molecular flexibility index (Phi) is 4.97. The molecule has 0 aromatic carbocycles. The van der Waals surface area contributed by atoms with Crippen molar-refractivity contribution in [2.45, 2.75) is 38.8 Å². The minimum atomic E-state index is -0.559. The van der Waals surface area contributed by atoms with Crippen LogP contribution in [0.1, 0.15) is 26.7 Å². The minimum Gasteiger partial charge on any atom is -0.389 e. The third-order valence-corrected chi connectivity index (χ3v) is 6.98. The summed E-state index contributed by atoms with van der Waals surface area (Å²) < 4.78 is 0.517. The summed E-state index contributed by atoms with van der Waals surface area (Å²) in [4.78, 5) is 32.7. The normalized spacial score (nSPS) is 27.5. The lowest BCUT2D eigenvalue weighted by atomic mass is 9.76. The lowest BCUT2D eigenvalue weighted by Crippen LogP contribution is -2.40. The predicted molar refractivity (Wildman–Crippen MR) is 108 cm³/mol. The molecule has 2 fully saturated rings. The van der Waals surface area contributed by atoms with E-state index in [1.165, 1.54) is 17.5 Å². The number of aliphatic hydroxyl groups excluding tert-OH is 1. The highest BCUT2D eigenvalue weighted by molar-refractivity contribution is 7.19. The third-order valence-electron chi connectivity index (χ3n) is 5.95. The van der Waals surface area contributed by atoms with Crippen LogP contribution in [0.4, 0.5) is 9.93 Å². The molecule has 0 saturated carbocycles. The average molecular weight is 423 g/mol. The van der Waals surface area contributed by atoms with Gasteiger partial charge in [0, 0.05) is 32.0 Å². The van der Waals surface area contributed by atoms with Gasteiger partial charge >= 0.3 is 6.03 Å². The van der Waals surface area contributed by atoms with Crippen LogP contribution in [0.5, 0.6) is 0 Å². The second-order valence-corrected chi connectivity index (χ2v) is 9.39.